The van der Waals surface area contributed by atoms with Crippen LogP contribution >= 0.6 is 0 Å². The van der Waals surface area contributed by atoms with Crippen molar-refractivity contribution in [1.29, 1.82) is 0 Å². The van der Waals surface area contributed by atoms with E-state index < -0.39 is 11.4 Å². The number of nitrogens with one attached hydrogen (secondary N) is 2. The number of rotatable bonds is 3. The second kappa shape index (κ2) is 5.13. The van der Waals surface area contributed by atoms with Crippen molar-refractivity contribution in [2.45, 2.75) is 20.3 Å². The summed E-state index contributed by atoms with van der Waals surface area (Å²) in [5, 5.41) is 9.02. The van der Waals surface area contributed by atoms with Crippen LogP contribution in [0.15, 0.2) is 0 Å². The van der Waals surface area contributed by atoms with Crippen molar-refractivity contribution in [3.8, 4) is 0 Å². The Kier molecular flexibility index (Phi) is 4.06. The Balaban J connectivity index is 2.37. The molecule has 0 aliphatic carbocycles. The lowest BCUT2D eigenvalue weighted by molar-refractivity contribution is -0.147. The molecule has 1 heterocycles. The van der Waals surface area contributed by atoms with Crippen LogP contribution in [0.2, 0.25) is 0 Å². The van der Waals surface area contributed by atoms with Crippen LogP contribution in [0.3, 0.4) is 0 Å². The lowest BCUT2D eigenvalue weighted by Crippen LogP contribution is -2.45. The van der Waals surface area contributed by atoms with E-state index in [-0.39, 0.29) is 18.4 Å². The fraction of sp³-hybridized carbons (Fsp3) is 0.700. The molecule has 1 fully saturated rings. The second-order valence-electron chi connectivity index (χ2n) is 4.56. The molecule has 0 spiro atoms. The molecule has 0 bridgehead atoms. The highest BCUT2D eigenvalue weighted by Crippen LogP contribution is 2.29. The zero-order valence-electron chi connectivity index (χ0n) is 9.95. The van der Waals surface area contributed by atoms with Gasteiger partial charge in [-0.1, -0.05) is 0 Å². The molecule has 17 heavy (non-hydrogen) atoms. The Morgan fingerprint density at radius 2 is 2.00 bits per heavy atom. The standard InChI is InChI=1S/C10H17N3O4/c1-7(14)11-12-8(15)5-13-4-3-10(2,6-13)9(16)17/h3-6H2,1-2H3,(H,11,14)(H,12,15)(H,16,17). The summed E-state index contributed by atoms with van der Waals surface area (Å²) in [6.45, 7) is 3.95. The molecule has 1 aliphatic rings. The quantitative estimate of drug-likeness (QED) is 0.549. The van der Waals surface area contributed by atoms with Gasteiger partial charge in [0.2, 0.25) is 5.91 Å². The van der Waals surface area contributed by atoms with Gasteiger partial charge in [0.1, 0.15) is 0 Å². The molecule has 0 aromatic heterocycles. The molecule has 96 valence electrons. The molecule has 7 nitrogen and oxygen atoms in total. The fourth-order valence-corrected chi connectivity index (χ4v) is 1.77. The van der Waals surface area contributed by atoms with E-state index in [0.717, 1.165) is 0 Å². The van der Waals surface area contributed by atoms with Gasteiger partial charge in [0, 0.05) is 13.5 Å². The average molecular weight is 243 g/mol. The summed E-state index contributed by atoms with van der Waals surface area (Å²) in [5.74, 6) is -1.55. The van der Waals surface area contributed by atoms with Gasteiger partial charge in [0.25, 0.3) is 5.91 Å². The van der Waals surface area contributed by atoms with Crippen molar-refractivity contribution in [1.82, 2.24) is 15.8 Å². The van der Waals surface area contributed by atoms with Crippen molar-refractivity contribution < 1.29 is 19.5 Å². The summed E-state index contributed by atoms with van der Waals surface area (Å²) in [6.07, 6.45) is 0.524. The SMILES string of the molecule is CC(=O)NNC(=O)CN1CCC(C)(C(=O)O)C1. The Hall–Kier alpha value is -1.63. The number of likely N-dealkylation sites (tertiary alicyclic amines) is 1. The predicted molar refractivity (Wildman–Crippen MR) is 58.8 cm³/mol. The Labute approximate surface area is 99.1 Å². The average Bonchev–Trinajstić information content (AvgIpc) is 2.58. The van der Waals surface area contributed by atoms with Gasteiger partial charge in [-0.15, -0.1) is 0 Å². The van der Waals surface area contributed by atoms with Crippen LogP contribution in [0.1, 0.15) is 20.3 Å². The maximum Gasteiger partial charge on any atom is 0.310 e. The molecule has 3 N–H and O–H groups in total. The van der Waals surface area contributed by atoms with Gasteiger partial charge in [-0.05, 0) is 19.9 Å². The van der Waals surface area contributed by atoms with E-state index >= 15 is 0 Å². The molecule has 1 unspecified atom stereocenters. The van der Waals surface area contributed by atoms with Gasteiger partial charge in [0.15, 0.2) is 0 Å². The number of carboxylic acid groups (broad SMARTS) is 1. The molecule has 7 heteroatoms. The van der Waals surface area contributed by atoms with Crippen molar-refractivity contribution in [2.24, 2.45) is 5.41 Å². The number of amides is 2. The molecule has 0 saturated carbocycles. The summed E-state index contributed by atoms with van der Waals surface area (Å²) in [6, 6.07) is 0. The van der Waals surface area contributed by atoms with E-state index in [1.807, 2.05) is 0 Å². The van der Waals surface area contributed by atoms with Crippen LogP contribution in [0, 0.1) is 5.41 Å². The fourth-order valence-electron chi connectivity index (χ4n) is 1.77. The number of carbonyl (C=O) groups is 3. The maximum absolute atomic E-state index is 11.4. The van der Waals surface area contributed by atoms with Crippen LogP contribution < -0.4 is 10.9 Å². The summed E-state index contributed by atoms with van der Waals surface area (Å²) < 4.78 is 0. The monoisotopic (exact) mass is 243 g/mol. The summed E-state index contributed by atoms with van der Waals surface area (Å²) in [7, 11) is 0. The largest absolute Gasteiger partial charge is 0.481 e. The Bertz CT molecular complexity index is 344. The van der Waals surface area contributed by atoms with E-state index in [0.29, 0.717) is 19.5 Å². The van der Waals surface area contributed by atoms with Gasteiger partial charge in [0.05, 0.1) is 12.0 Å². The first-order chi connectivity index (χ1) is 7.83. The molecule has 2 amide bonds. The highest BCUT2D eigenvalue weighted by atomic mass is 16.4. The van der Waals surface area contributed by atoms with E-state index in [9.17, 15) is 14.4 Å². The molecule has 1 saturated heterocycles. The normalized spacial score (nSPS) is 24.4. The van der Waals surface area contributed by atoms with Crippen molar-refractivity contribution in [2.75, 3.05) is 19.6 Å². The molecule has 1 atom stereocenters. The van der Waals surface area contributed by atoms with Gasteiger partial charge in [-0.25, -0.2) is 0 Å². The number of hydrogen-bond donors (Lipinski definition) is 3. The van der Waals surface area contributed by atoms with Crippen molar-refractivity contribution in [3.63, 3.8) is 0 Å². The minimum Gasteiger partial charge on any atom is -0.481 e. The third-order valence-corrected chi connectivity index (χ3v) is 2.81. The van der Waals surface area contributed by atoms with Gasteiger partial charge < -0.3 is 5.11 Å². The first-order valence-electron chi connectivity index (χ1n) is 5.35. The third kappa shape index (κ3) is 3.70. The van der Waals surface area contributed by atoms with Crippen LogP contribution in [-0.2, 0) is 14.4 Å². The topological polar surface area (TPSA) is 98.7 Å². The minimum absolute atomic E-state index is 0.0865. The molecule has 1 aliphatic heterocycles. The summed E-state index contributed by atoms with van der Waals surface area (Å²) >= 11 is 0. The third-order valence-electron chi connectivity index (χ3n) is 2.81. The van der Waals surface area contributed by atoms with Gasteiger partial charge >= 0.3 is 5.97 Å². The van der Waals surface area contributed by atoms with Crippen LogP contribution in [-0.4, -0.2) is 47.4 Å². The lowest BCUT2D eigenvalue weighted by atomic mass is 9.90. The molecular formula is C10H17N3O4. The summed E-state index contributed by atoms with van der Waals surface area (Å²) in [5.41, 5.74) is 3.64. The van der Waals surface area contributed by atoms with Crippen LogP contribution in [0.25, 0.3) is 0 Å². The highest BCUT2D eigenvalue weighted by molar-refractivity contribution is 5.82. The van der Waals surface area contributed by atoms with E-state index in [2.05, 4.69) is 10.9 Å². The number of carboxylic acids is 1. The number of hydrazine groups is 1. The number of carbonyl (C=O) groups excluding carboxylic acids is 2. The van der Waals surface area contributed by atoms with E-state index in [4.69, 9.17) is 5.11 Å². The number of nitrogens with zero attached hydrogens (tertiary/aromatic N) is 1. The van der Waals surface area contributed by atoms with Gasteiger partial charge in [-0.3, -0.25) is 30.1 Å². The van der Waals surface area contributed by atoms with Crippen molar-refractivity contribution >= 4 is 17.8 Å². The maximum atomic E-state index is 11.4. The first kappa shape index (κ1) is 13.4. The number of hydrogen-bond acceptors (Lipinski definition) is 4. The summed E-state index contributed by atoms with van der Waals surface area (Å²) in [4.78, 5) is 34.7. The number of aliphatic carboxylic acids is 1. The zero-order valence-corrected chi connectivity index (χ0v) is 9.95. The Morgan fingerprint density at radius 3 is 2.47 bits per heavy atom. The van der Waals surface area contributed by atoms with E-state index in [1.165, 1.54) is 6.92 Å². The lowest BCUT2D eigenvalue weighted by Gasteiger charge is -2.19. The smallest absolute Gasteiger partial charge is 0.310 e. The van der Waals surface area contributed by atoms with Crippen LogP contribution in [0.4, 0.5) is 0 Å². The van der Waals surface area contributed by atoms with E-state index in [1.54, 1.807) is 11.8 Å². The highest BCUT2D eigenvalue weighted by Gasteiger charge is 2.40. The van der Waals surface area contributed by atoms with Crippen LogP contribution in [0.5, 0.6) is 0 Å². The molecule has 0 radical (unpaired) electrons. The molecule has 0 aromatic rings. The molecule has 1 rings (SSSR count). The minimum atomic E-state index is -0.845. The first-order valence-corrected chi connectivity index (χ1v) is 5.35. The van der Waals surface area contributed by atoms with Gasteiger partial charge in [-0.2, -0.15) is 0 Å². The second-order valence-corrected chi connectivity index (χ2v) is 4.56. The molecular weight excluding hydrogens is 226 g/mol. The van der Waals surface area contributed by atoms with Crippen molar-refractivity contribution in [3.05, 3.63) is 0 Å². The molecule has 0 aromatic carbocycles. The Morgan fingerprint density at radius 1 is 1.35 bits per heavy atom. The zero-order chi connectivity index (χ0) is 13.1. The predicted octanol–water partition coefficient (Wildman–Crippen LogP) is -1.05.